The molecular formula is C13H22N2O5. The molecule has 0 spiro atoms. The largest absolute Gasteiger partial charge is 0.465 e. The standard InChI is InChI=1S/C13H22N2O5/c1-5-19-10(16)8-15-7-6-9(11(15)17)14-12(18)20-13(2,3)4/h9H,5-8H2,1-4H3,(H,14,18). The average Bonchev–Trinajstić information content (AvgIpc) is 2.59. The van der Waals surface area contributed by atoms with Gasteiger partial charge < -0.3 is 19.7 Å². The molecular weight excluding hydrogens is 264 g/mol. The number of carbonyl (C=O) groups excluding carboxylic acids is 3. The van der Waals surface area contributed by atoms with Gasteiger partial charge in [-0.05, 0) is 34.1 Å². The Labute approximate surface area is 118 Å². The molecule has 0 aromatic carbocycles. The van der Waals surface area contributed by atoms with Crippen LogP contribution in [0, 0.1) is 0 Å². The van der Waals surface area contributed by atoms with Crippen molar-refractivity contribution in [3.63, 3.8) is 0 Å². The molecule has 1 N–H and O–H groups in total. The minimum Gasteiger partial charge on any atom is -0.465 e. The van der Waals surface area contributed by atoms with Gasteiger partial charge in [0, 0.05) is 6.54 Å². The second-order valence-corrected chi connectivity index (χ2v) is 5.55. The number of nitrogens with zero attached hydrogens (tertiary/aromatic N) is 1. The number of rotatable bonds is 4. The second-order valence-electron chi connectivity index (χ2n) is 5.55. The second kappa shape index (κ2) is 6.58. The quantitative estimate of drug-likeness (QED) is 0.768. The van der Waals surface area contributed by atoms with Gasteiger partial charge in [-0.3, -0.25) is 9.59 Å². The monoisotopic (exact) mass is 286 g/mol. The van der Waals surface area contributed by atoms with Crippen molar-refractivity contribution >= 4 is 18.0 Å². The van der Waals surface area contributed by atoms with Crippen molar-refractivity contribution in [2.75, 3.05) is 19.7 Å². The highest BCUT2D eigenvalue weighted by molar-refractivity contribution is 5.90. The summed E-state index contributed by atoms with van der Waals surface area (Å²) < 4.78 is 9.88. The molecule has 1 saturated heterocycles. The Morgan fingerprint density at radius 3 is 2.60 bits per heavy atom. The zero-order chi connectivity index (χ0) is 15.3. The Morgan fingerprint density at radius 2 is 2.05 bits per heavy atom. The van der Waals surface area contributed by atoms with Crippen LogP contribution in [-0.2, 0) is 19.1 Å². The lowest BCUT2D eigenvalue weighted by molar-refractivity contribution is -0.147. The van der Waals surface area contributed by atoms with E-state index in [1.54, 1.807) is 27.7 Å². The van der Waals surface area contributed by atoms with Crippen molar-refractivity contribution in [2.45, 2.75) is 45.8 Å². The zero-order valence-electron chi connectivity index (χ0n) is 12.4. The molecule has 114 valence electrons. The topological polar surface area (TPSA) is 84.9 Å². The molecule has 1 aliphatic rings. The fourth-order valence-corrected chi connectivity index (χ4v) is 1.84. The SMILES string of the molecule is CCOC(=O)CN1CCC(NC(=O)OC(C)(C)C)C1=O. The van der Waals surface area contributed by atoms with Crippen LogP contribution in [0.5, 0.6) is 0 Å². The third kappa shape index (κ3) is 5.07. The first-order valence-electron chi connectivity index (χ1n) is 6.67. The highest BCUT2D eigenvalue weighted by atomic mass is 16.6. The number of likely N-dealkylation sites (tertiary alicyclic amines) is 1. The third-order valence-electron chi connectivity index (χ3n) is 2.61. The van der Waals surface area contributed by atoms with E-state index in [0.717, 1.165) is 0 Å². The highest BCUT2D eigenvalue weighted by Crippen LogP contribution is 2.13. The van der Waals surface area contributed by atoms with Crippen molar-refractivity contribution in [3.05, 3.63) is 0 Å². The summed E-state index contributed by atoms with van der Waals surface area (Å²) in [5, 5.41) is 2.52. The van der Waals surface area contributed by atoms with Gasteiger partial charge in [-0.2, -0.15) is 0 Å². The van der Waals surface area contributed by atoms with Gasteiger partial charge in [-0.15, -0.1) is 0 Å². The van der Waals surface area contributed by atoms with Crippen molar-refractivity contribution in [1.29, 1.82) is 0 Å². The molecule has 2 amide bonds. The molecule has 7 heteroatoms. The molecule has 20 heavy (non-hydrogen) atoms. The van der Waals surface area contributed by atoms with E-state index in [2.05, 4.69) is 5.32 Å². The van der Waals surface area contributed by atoms with Crippen molar-refractivity contribution in [1.82, 2.24) is 10.2 Å². The lowest BCUT2D eigenvalue weighted by atomic mass is 10.2. The van der Waals surface area contributed by atoms with Crippen molar-refractivity contribution in [3.8, 4) is 0 Å². The summed E-state index contributed by atoms with van der Waals surface area (Å²) in [6.45, 7) is 7.55. The van der Waals surface area contributed by atoms with Crippen LogP contribution >= 0.6 is 0 Å². The van der Waals surface area contributed by atoms with E-state index in [0.29, 0.717) is 13.0 Å². The van der Waals surface area contributed by atoms with Crippen LogP contribution in [0.2, 0.25) is 0 Å². The first-order chi connectivity index (χ1) is 9.23. The zero-order valence-corrected chi connectivity index (χ0v) is 12.4. The predicted molar refractivity (Wildman–Crippen MR) is 71.0 cm³/mol. The smallest absolute Gasteiger partial charge is 0.408 e. The molecule has 1 heterocycles. The maximum atomic E-state index is 12.0. The highest BCUT2D eigenvalue weighted by Gasteiger charge is 2.34. The van der Waals surface area contributed by atoms with Gasteiger partial charge in [0.05, 0.1) is 6.61 Å². The Bertz CT molecular complexity index is 389. The first-order valence-corrected chi connectivity index (χ1v) is 6.67. The molecule has 0 aliphatic carbocycles. The van der Waals surface area contributed by atoms with Gasteiger partial charge in [0.2, 0.25) is 5.91 Å². The van der Waals surface area contributed by atoms with Gasteiger partial charge in [-0.1, -0.05) is 0 Å². The summed E-state index contributed by atoms with van der Waals surface area (Å²) in [5.74, 6) is -0.734. The van der Waals surface area contributed by atoms with Crippen LogP contribution in [-0.4, -0.2) is 54.2 Å². The van der Waals surface area contributed by atoms with E-state index in [9.17, 15) is 14.4 Å². The maximum Gasteiger partial charge on any atom is 0.408 e. The van der Waals surface area contributed by atoms with Crippen LogP contribution in [0.1, 0.15) is 34.1 Å². The van der Waals surface area contributed by atoms with Crippen molar-refractivity contribution in [2.24, 2.45) is 0 Å². The van der Waals surface area contributed by atoms with Gasteiger partial charge in [0.25, 0.3) is 0 Å². The molecule has 0 saturated carbocycles. The molecule has 0 bridgehead atoms. The maximum absolute atomic E-state index is 12.0. The van der Waals surface area contributed by atoms with Crippen LogP contribution < -0.4 is 5.32 Å². The number of alkyl carbamates (subject to hydrolysis) is 1. The van der Waals surface area contributed by atoms with Gasteiger partial charge in [0.1, 0.15) is 18.2 Å². The molecule has 0 aromatic rings. The van der Waals surface area contributed by atoms with Gasteiger partial charge in [0.15, 0.2) is 0 Å². The molecule has 1 aliphatic heterocycles. The lowest BCUT2D eigenvalue weighted by Gasteiger charge is -2.21. The summed E-state index contributed by atoms with van der Waals surface area (Å²) in [6, 6.07) is -0.640. The summed E-state index contributed by atoms with van der Waals surface area (Å²) in [5.41, 5.74) is -0.615. The van der Waals surface area contributed by atoms with Crippen LogP contribution in [0.15, 0.2) is 0 Å². The van der Waals surface area contributed by atoms with Crippen molar-refractivity contribution < 1.29 is 23.9 Å². The van der Waals surface area contributed by atoms with Crippen LogP contribution in [0.25, 0.3) is 0 Å². The van der Waals surface area contributed by atoms with Crippen LogP contribution in [0.3, 0.4) is 0 Å². The average molecular weight is 286 g/mol. The number of carbonyl (C=O) groups is 3. The molecule has 0 aromatic heterocycles. The fourth-order valence-electron chi connectivity index (χ4n) is 1.84. The van der Waals surface area contributed by atoms with E-state index in [4.69, 9.17) is 9.47 Å². The minimum absolute atomic E-state index is 0.0842. The Hall–Kier alpha value is -1.79. The molecule has 0 radical (unpaired) electrons. The lowest BCUT2D eigenvalue weighted by Crippen LogP contribution is -2.44. The number of hydrogen-bond acceptors (Lipinski definition) is 5. The molecule has 7 nitrogen and oxygen atoms in total. The third-order valence-corrected chi connectivity index (χ3v) is 2.61. The minimum atomic E-state index is -0.640. The Kier molecular flexibility index (Phi) is 5.35. The van der Waals surface area contributed by atoms with Crippen LogP contribution in [0.4, 0.5) is 4.79 Å². The summed E-state index contributed by atoms with van der Waals surface area (Å²) in [6.07, 6.45) is -0.175. The number of hydrogen-bond donors (Lipinski definition) is 1. The Morgan fingerprint density at radius 1 is 1.40 bits per heavy atom. The van der Waals surface area contributed by atoms with E-state index in [1.165, 1.54) is 4.90 Å². The van der Waals surface area contributed by atoms with Gasteiger partial charge >= 0.3 is 12.1 Å². The summed E-state index contributed by atoms with van der Waals surface area (Å²) >= 11 is 0. The molecule has 1 unspecified atom stereocenters. The number of ether oxygens (including phenoxy) is 2. The number of esters is 1. The normalized spacial score (nSPS) is 18.9. The predicted octanol–water partition coefficient (Wildman–Crippen LogP) is 0.675. The number of amides is 2. The molecule has 1 atom stereocenters. The summed E-state index contributed by atoms with van der Waals surface area (Å²) in [7, 11) is 0. The Balaban J connectivity index is 2.45. The van der Waals surface area contributed by atoms with E-state index in [1.807, 2.05) is 0 Å². The first kappa shape index (κ1) is 16.3. The number of nitrogens with one attached hydrogen (secondary N) is 1. The van der Waals surface area contributed by atoms with E-state index < -0.39 is 23.7 Å². The molecule has 1 rings (SSSR count). The van der Waals surface area contributed by atoms with E-state index >= 15 is 0 Å². The molecule has 1 fully saturated rings. The van der Waals surface area contributed by atoms with Gasteiger partial charge in [-0.25, -0.2) is 4.79 Å². The van der Waals surface area contributed by atoms with E-state index in [-0.39, 0.29) is 19.1 Å². The fraction of sp³-hybridized carbons (Fsp3) is 0.769. The summed E-state index contributed by atoms with van der Waals surface area (Å²) in [4.78, 5) is 36.3.